The Morgan fingerprint density at radius 1 is 1.33 bits per heavy atom. The molecule has 1 fully saturated rings. The molecule has 1 aliphatic carbocycles. The number of Topliss-reactive ketones (excluding diaryl/α,β-unsaturated/α-hetero) is 1. The highest BCUT2D eigenvalue weighted by molar-refractivity contribution is 5.83. The van der Waals surface area contributed by atoms with E-state index in [-0.39, 0.29) is 6.61 Å². The van der Waals surface area contributed by atoms with Gasteiger partial charge in [0.25, 0.3) is 0 Å². The molecule has 0 aromatic heterocycles. The van der Waals surface area contributed by atoms with Gasteiger partial charge < -0.3 is 5.11 Å². The third kappa shape index (κ3) is 4.31. The molecule has 3 heteroatoms. The number of nitrogens with zero attached hydrogens (tertiary/aromatic N) is 1. The number of carbonyl (C=O) groups excluding carboxylic acids is 1. The molecular weight excluding hydrogens is 190 g/mol. The minimum Gasteiger partial charge on any atom is -0.395 e. The van der Waals surface area contributed by atoms with Crippen LogP contribution in [0.2, 0.25) is 0 Å². The van der Waals surface area contributed by atoms with Crippen molar-refractivity contribution in [3.05, 3.63) is 0 Å². The minimum atomic E-state index is 0.151. The Balaban J connectivity index is 2.31. The van der Waals surface area contributed by atoms with Gasteiger partial charge in [-0.05, 0) is 25.8 Å². The standard InChI is InChI=1S/C12H23NO2/c1-2-7-13(8-9-14)10-12(15)11-5-3-4-6-11/h11,14H,2-10H2,1H3. The van der Waals surface area contributed by atoms with Crippen molar-refractivity contribution in [2.75, 3.05) is 26.2 Å². The fraction of sp³-hybridized carbons (Fsp3) is 0.917. The van der Waals surface area contributed by atoms with E-state index in [4.69, 9.17) is 5.11 Å². The van der Waals surface area contributed by atoms with Crippen molar-refractivity contribution in [3.8, 4) is 0 Å². The SMILES string of the molecule is CCCN(CCO)CC(=O)C1CCCC1. The average molecular weight is 213 g/mol. The Morgan fingerprint density at radius 2 is 2.00 bits per heavy atom. The Labute approximate surface area is 92.5 Å². The number of aliphatic hydroxyl groups is 1. The van der Waals surface area contributed by atoms with Crippen LogP contribution in [-0.2, 0) is 4.79 Å². The molecule has 0 atom stereocenters. The van der Waals surface area contributed by atoms with Gasteiger partial charge in [-0.2, -0.15) is 0 Å². The molecule has 1 saturated carbocycles. The maximum absolute atomic E-state index is 11.9. The van der Waals surface area contributed by atoms with Crippen molar-refractivity contribution in [2.45, 2.75) is 39.0 Å². The molecular formula is C12H23NO2. The van der Waals surface area contributed by atoms with Crippen molar-refractivity contribution in [1.82, 2.24) is 4.90 Å². The monoisotopic (exact) mass is 213 g/mol. The summed E-state index contributed by atoms with van der Waals surface area (Å²) >= 11 is 0. The van der Waals surface area contributed by atoms with Crippen LogP contribution >= 0.6 is 0 Å². The summed E-state index contributed by atoms with van der Waals surface area (Å²) in [5.74, 6) is 0.692. The van der Waals surface area contributed by atoms with Crippen molar-refractivity contribution >= 4 is 5.78 Å². The van der Waals surface area contributed by atoms with Crippen LogP contribution in [0.25, 0.3) is 0 Å². The molecule has 0 bridgehead atoms. The molecule has 1 rings (SSSR count). The molecule has 0 heterocycles. The van der Waals surface area contributed by atoms with Gasteiger partial charge in [0.05, 0.1) is 13.2 Å². The molecule has 88 valence electrons. The Kier molecular flexibility index (Phi) is 5.88. The summed E-state index contributed by atoms with van der Waals surface area (Å²) in [6.07, 6.45) is 5.63. The number of ketones is 1. The highest BCUT2D eigenvalue weighted by atomic mass is 16.3. The summed E-state index contributed by atoms with van der Waals surface area (Å²) < 4.78 is 0. The van der Waals surface area contributed by atoms with Crippen LogP contribution < -0.4 is 0 Å². The first-order chi connectivity index (χ1) is 7.27. The van der Waals surface area contributed by atoms with Gasteiger partial charge in [0.1, 0.15) is 5.78 Å². The minimum absolute atomic E-state index is 0.151. The highest BCUT2D eigenvalue weighted by Crippen LogP contribution is 2.25. The number of rotatable bonds is 7. The van der Waals surface area contributed by atoms with Crippen LogP contribution in [0.3, 0.4) is 0 Å². The fourth-order valence-corrected chi connectivity index (χ4v) is 2.32. The van der Waals surface area contributed by atoms with Crippen LogP contribution in [0.15, 0.2) is 0 Å². The van der Waals surface area contributed by atoms with Crippen molar-refractivity contribution < 1.29 is 9.90 Å². The maximum atomic E-state index is 11.9. The van der Waals surface area contributed by atoms with E-state index in [2.05, 4.69) is 11.8 Å². The molecule has 0 unspecified atom stereocenters. The fourth-order valence-electron chi connectivity index (χ4n) is 2.32. The second-order valence-corrected chi connectivity index (χ2v) is 4.45. The molecule has 0 aromatic rings. The Hall–Kier alpha value is -0.410. The van der Waals surface area contributed by atoms with Crippen LogP contribution in [0.5, 0.6) is 0 Å². The molecule has 0 spiro atoms. The summed E-state index contributed by atoms with van der Waals surface area (Å²) in [6.45, 7) is 4.34. The third-order valence-electron chi connectivity index (χ3n) is 3.15. The van der Waals surface area contributed by atoms with Gasteiger partial charge in [-0.3, -0.25) is 9.69 Å². The van der Waals surface area contributed by atoms with Crippen molar-refractivity contribution in [1.29, 1.82) is 0 Å². The van der Waals surface area contributed by atoms with E-state index in [1.807, 2.05) is 0 Å². The van der Waals surface area contributed by atoms with Crippen LogP contribution in [0, 0.1) is 5.92 Å². The zero-order valence-corrected chi connectivity index (χ0v) is 9.74. The molecule has 1 aliphatic rings. The van der Waals surface area contributed by atoms with E-state index in [1.54, 1.807) is 0 Å². The lowest BCUT2D eigenvalue weighted by Gasteiger charge is -2.21. The Morgan fingerprint density at radius 3 is 2.53 bits per heavy atom. The summed E-state index contributed by atoms with van der Waals surface area (Å²) in [7, 11) is 0. The quantitative estimate of drug-likeness (QED) is 0.696. The predicted octanol–water partition coefficient (Wildman–Crippen LogP) is 1.45. The highest BCUT2D eigenvalue weighted by Gasteiger charge is 2.23. The lowest BCUT2D eigenvalue weighted by molar-refractivity contribution is -0.123. The first-order valence-corrected chi connectivity index (χ1v) is 6.13. The summed E-state index contributed by atoms with van der Waals surface area (Å²) in [5, 5.41) is 8.89. The topological polar surface area (TPSA) is 40.5 Å². The molecule has 3 nitrogen and oxygen atoms in total. The zero-order chi connectivity index (χ0) is 11.1. The van der Waals surface area contributed by atoms with E-state index in [1.165, 1.54) is 12.8 Å². The van der Waals surface area contributed by atoms with E-state index in [0.29, 0.717) is 24.8 Å². The zero-order valence-electron chi connectivity index (χ0n) is 9.74. The second kappa shape index (κ2) is 6.96. The number of aliphatic hydroxyl groups excluding tert-OH is 1. The van der Waals surface area contributed by atoms with Gasteiger partial charge in [0.2, 0.25) is 0 Å². The molecule has 0 aliphatic heterocycles. The van der Waals surface area contributed by atoms with Crippen LogP contribution in [0.4, 0.5) is 0 Å². The first kappa shape index (κ1) is 12.7. The smallest absolute Gasteiger partial charge is 0.149 e. The van der Waals surface area contributed by atoms with Crippen LogP contribution in [0.1, 0.15) is 39.0 Å². The van der Waals surface area contributed by atoms with Gasteiger partial charge in [0.15, 0.2) is 0 Å². The lowest BCUT2D eigenvalue weighted by atomic mass is 10.0. The molecule has 0 radical (unpaired) electrons. The van der Waals surface area contributed by atoms with E-state index in [0.717, 1.165) is 25.8 Å². The first-order valence-electron chi connectivity index (χ1n) is 6.13. The summed E-state index contributed by atoms with van der Waals surface area (Å²) in [4.78, 5) is 14.0. The molecule has 15 heavy (non-hydrogen) atoms. The van der Waals surface area contributed by atoms with E-state index < -0.39 is 0 Å². The van der Waals surface area contributed by atoms with Gasteiger partial charge in [-0.1, -0.05) is 19.8 Å². The van der Waals surface area contributed by atoms with E-state index >= 15 is 0 Å². The molecule has 0 saturated heterocycles. The van der Waals surface area contributed by atoms with Crippen LogP contribution in [-0.4, -0.2) is 42.0 Å². The molecule has 1 N–H and O–H groups in total. The number of carbonyl (C=O) groups is 1. The molecule has 0 aromatic carbocycles. The lowest BCUT2D eigenvalue weighted by Crippen LogP contribution is -2.35. The van der Waals surface area contributed by atoms with Gasteiger partial charge in [0, 0.05) is 12.5 Å². The maximum Gasteiger partial charge on any atom is 0.149 e. The molecule has 0 amide bonds. The second-order valence-electron chi connectivity index (χ2n) is 4.45. The number of hydrogen-bond acceptors (Lipinski definition) is 3. The van der Waals surface area contributed by atoms with Gasteiger partial charge in [-0.25, -0.2) is 0 Å². The normalized spacial score (nSPS) is 17.5. The largest absolute Gasteiger partial charge is 0.395 e. The summed E-state index contributed by atoms with van der Waals surface area (Å²) in [5.41, 5.74) is 0. The Bertz CT molecular complexity index is 182. The average Bonchev–Trinajstić information content (AvgIpc) is 2.71. The third-order valence-corrected chi connectivity index (χ3v) is 3.15. The van der Waals surface area contributed by atoms with E-state index in [9.17, 15) is 4.79 Å². The van der Waals surface area contributed by atoms with Crippen molar-refractivity contribution in [3.63, 3.8) is 0 Å². The van der Waals surface area contributed by atoms with Gasteiger partial charge in [-0.15, -0.1) is 0 Å². The summed E-state index contributed by atoms with van der Waals surface area (Å²) in [6, 6.07) is 0. The van der Waals surface area contributed by atoms with Gasteiger partial charge >= 0.3 is 0 Å². The predicted molar refractivity (Wildman–Crippen MR) is 60.8 cm³/mol. The number of hydrogen-bond donors (Lipinski definition) is 1. The van der Waals surface area contributed by atoms with Crippen molar-refractivity contribution in [2.24, 2.45) is 5.92 Å².